The van der Waals surface area contributed by atoms with Crippen LogP contribution >= 0.6 is 11.3 Å². The van der Waals surface area contributed by atoms with Crippen LogP contribution in [0, 0.1) is 10.1 Å². The number of hydrogen-bond donors (Lipinski definition) is 1. The molecule has 124 valence electrons. The van der Waals surface area contributed by atoms with E-state index in [2.05, 4.69) is 25.1 Å². The lowest BCUT2D eigenvalue weighted by Crippen LogP contribution is -2.15. The number of anilines is 1. The van der Waals surface area contributed by atoms with Crippen LogP contribution < -0.4 is 5.32 Å². The first kappa shape index (κ1) is 15.0. The fraction of sp³-hybridized carbons (Fsp3) is 0.400. The van der Waals surface area contributed by atoms with Crippen molar-refractivity contribution in [3.05, 3.63) is 40.0 Å². The maximum atomic E-state index is 10.8. The third kappa shape index (κ3) is 2.82. The smallest absolute Gasteiger partial charge is 0.270 e. The van der Waals surface area contributed by atoms with Crippen LogP contribution in [-0.2, 0) is 19.4 Å². The summed E-state index contributed by atoms with van der Waals surface area (Å²) in [4.78, 5) is 14.9. The van der Waals surface area contributed by atoms with Crippen molar-refractivity contribution in [3.8, 4) is 0 Å². The first-order valence-electron chi connectivity index (χ1n) is 7.90. The van der Waals surface area contributed by atoms with E-state index in [1.54, 1.807) is 12.1 Å². The normalized spacial score (nSPS) is 13.8. The zero-order valence-corrected chi connectivity index (χ0v) is 13.8. The highest BCUT2D eigenvalue weighted by Crippen LogP contribution is 2.29. The Labute approximate surface area is 141 Å². The Hall–Kier alpha value is -2.55. The van der Waals surface area contributed by atoms with Crippen molar-refractivity contribution in [3.63, 3.8) is 0 Å². The van der Waals surface area contributed by atoms with Crippen LogP contribution in [-0.4, -0.2) is 31.2 Å². The van der Waals surface area contributed by atoms with Gasteiger partial charge in [0.2, 0.25) is 0 Å². The molecule has 1 aliphatic heterocycles. The standard InChI is InChI=1S/C15H16N6O2S/c22-21(23)10-4-5-11-12(9-10)24-15(17-11)16-7-6-14-19-18-13-3-1-2-8-20(13)14/h4-5,9H,1-3,6-8H2,(H,16,17). The van der Waals surface area contributed by atoms with Crippen molar-refractivity contribution >= 4 is 32.4 Å². The number of nitro groups is 1. The van der Waals surface area contributed by atoms with Crippen molar-refractivity contribution in [2.45, 2.75) is 32.2 Å². The number of rotatable bonds is 5. The van der Waals surface area contributed by atoms with Crippen molar-refractivity contribution in [2.75, 3.05) is 11.9 Å². The number of nitrogens with one attached hydrogen (secondary N) is 1. The number of hydrogen-bond acceptors (Lipinski definition) is 7. The number of aryl methyl sites for hydroxylation is 1. The SMILES string of the molecule is O=[N+]([O-])c1ccc2nc(NCCc3nnc4n3CCCC4)sc2c1. The van der Waals surface area contributed by atoms with E-state index in [1.165, 1.54) is 30.2 Å². The number of nitro benzene ring substituents is 1. The minimum Gasteiger partial charge on any atom is -0.361 e. The molecule has 0 unspecified atom stereocenters. The second-order valence-corrected chi connectivity index (χ2v) is 6.78. The minimum absolute atomic E-state index is 0.0905. The van der Waals surface area contributed by atoms with Crippen LogP contribution in [0.2, 0.25) is 0 Å². The van der Waals surface area contributed by atoms with Gasteiger partial charge in [-0.15, -0.1) is 10.2 Å². The summed E-state index contributed by atoms with van der Waals surface area (Å²) in [7, 11) is 0. The molecule has 4 rings (SSSR count). The minimum atomic E-state index is -0.388. The van der Waals surface area contributed by atoms with E-state index in [9.17, 15) is 10.1 Å². The average molecular weight is 344 g/mol. The second-order valence-electron chi connectivity index (χ2n) is 5.75. The Bertz CT molecular complexity index is 903. The molecule has 0 spiro atoms. The molecule has 3 aromatic rings. The summed E-state index contributed by atoms with van der Waals surface area (Å²) in [5, 5.41) is 23.4. The summed E-state index contributed by atoms with van der Waals surface area (Å²) < 4.78 is 3.03. The van der Waals surface area contributed by atoms with Crippen LogP contribution in [0.5, 0.6) is 0 Å². The quantitative estimate of drug-likeness (QED) is 0.564. The summed E-state index contributed by atoms with van der Waals surface area (Å²) in [5.41, 5.74) is 0.862. The Kier molecular flexibility index (Phi) is 3.85. The van der Waals surface area contributed by atoms with Crippen LogP contribution in [0.1, 0.15) is 24.5 Å². The van der Waals surface area contributed by atoms with E-state index in [-0.39, 0.29) is 10.6 Å². The molecule has 1 N–H and O–H groups in total. The molecule has 0 aliphatic carbocycles. The van der Waals surface area contributed by atoms with Gasteiger partial charge in [0.15, 0.2) is 5.13 Å². The molecule has 3 heterocycles. The highest BCUT2D eigenvalue weighted by molar-refractivity contribution is 7.22. The zero-order valence-electron chi connectivity index (χ0n) is 12.9. The van der Waals surface area contributed by atoms with E-state index in [0.717, 1.165) is 46.4 Å². The first-order chi connectivity index (χ1) is 11.7. The van der Waals surface area contributed by atoms with E-state index in [0.29, 0.717) is 6.54 Å². The third-order valence-electron chi connectivity index (χ3n) is 4.14. The summed E-state index contributed by atoms with van der Waals surface area (Å²) in [5.74, 6) is 2.09. The molecule has 0 fully saturated rings. The van der Waals surface area contributed by atoms with Gasteiger partial charge in [-0.2, -0.15) is 0 Å². The van der Waals surface area contributed by atoms with Crippen LogP contribution in [0.4, 0.5) is 10.8 Å². The Morgan fingerprint density at radius 2 is 2.25 bits per heavy atom. The third-order valence-corrected chi connectivity index (χ3v) is 5.12. The summed E-state index contributed by atoms with van der Waals surface area (Å²) in [6.45, 7) is 1.71. The zero-order chi connectivity index (χ0) is 16.5. The van der Waals surface area contributed by atoms with Gasteiger partial charge in [0.25, 0.3) is 5.69 Å². The van der Waals surface area contributed by atoms with Gasteiger partial charge in [0, 0.05) is 38.1 Å². The van der Waals surface area contributed by atoms with Gasteiger partial charge in [0.1, 0.15) is 11.6 Å². The van der Waals surface area contributed by atoms with E-state index >= 15 is 0 Å². The maximum absolute atomic E-state index is 10.8. The van der Waals surface area contributed by atoms with Gasteiger partial charge in [-0.25, -0.2) is 4.98 Å². The largest absolute Gasteiger partial charge is 0.361 e. The van der Waals surface area contributed by atoms with Gasteiger partial charge in [-0.05, 0) is 18.9 Å². The molecule has 9 heteroatoms. The molecule has 2 aromatic heterocycles. The summed E-state index contributed by atoms with van der Waals surface area (Å²) in [6.07, 6.45) is 4.16. The fourth-order valence-electron chi connectivity index (χ4n) is 2.94. The van der Waals surface area contributed by atoms with Crippen molar-refractivity contribution in [2.24, 2.45) is 0 Å². The molecule has 1 aliphatic rings. The van der Waals surface area contributed by atoms with Gasteiger partial charge < -0.3 is 9.88 Å². The lowest BCUT2D eigenvalue weighted by molar-refractivity contribution is -0.384. The highest BCUT2D eigenvalue weighted by atomic mass is 32.1. The maximum Gasteiger partial charge on any atom is 0.270 e. The van der Waals surface area contributed by atoms with E-state index < -0.39 is 0 Å². The van der Waals surface area contributed by atoms with Gasteiger partial charge in [0.05, 0.1) is 15.1 Å². The summed E-state index contributed by atoms with van der Waals surface area (Å²) >= 11 is 1.43. The highest BCUT2D eigenvalue weighted by Gasteiger charge is 2.15. The molecular weight excluding hydrogens is 328 g/mol. The molecule has 0 saturated heterocycles. The molecule has 0 saturated carbocycles. The number of thiazole rings is 1. The topological polar surface area (TPSA) is 98.8 Å². The van der Waals surface area contributed by atoms with Crippen LogP contribution in [0.3, 0.4) is 0 Å². The lowest BCUT2D eigenvalue weighted by atomic mass is 10.1. The number of non-ortho nitro benzene ring substituents is 1. The van der Waals surface area contributed by atoms with E-state index in [1.807, 2.05) is 0 Å². The van der Waals surface area contributed by atoms with Gasteiger partial charge >= 0.3 is 0 Å². The van der Waals surface area contributed by atoms with Crippen LogP contribution in [0.25, 0.3) is 10.2 Å². The fourth-order valence-corrected chi connectivity index (χ4v) is 3.86. The van der Waals surface area contributed by atoms with E-state index in [4.69, 9.17) is 0 Å². The molecule has 0 amide bonds. The number of nitrogens with zero attached hydrogens (tertiary/aromatic N) is 5. The van der Waals surface area contributed by atoms with Crippen molar-refractivity contribution < 1.29 is 4.92 Å². The monoisotopic (exact) mass is 344 g/mol. The number of aromatic nitrogens is 4. The summed E-state index contributed by atoms with van der Waals surface area (Å²) in [6, 6.07) is 4.73. The Balaban J connectivity index is 1.43. The van der Waals surface area contributed by atoms with Gasteiger partial charge in [-0.1, -0.05) is 11.3 Å². The molecule has 0 atom stereocenters. The Morgan fingerprint density at radius 1 is 1.33 bits per heavy atom. The molecule has 24 heavy (non-hydrogen) atoms. The van der Waals surface area contributed by atoms with Gasteiger partial charge in [-0.3, -0.25) is 10.1 Å². The molecule has 0 radical (unpaired) electrons. The lowest BCUT2D eigenvalue weighted by Gasteiger charge is -2.14. The van der Waals surface area contributed by atoms with Crippen molar-refractivity contribution in [1.82, 2.24) is 19.7 Å². The number of benzene rings is 1. The predicted molar refractivity (Wildman–Crippen MR) is 91.4 cm³/mol. The van der Waals surface area contributed by atoms with Crippen LogP contribution in [0.15, 0.2) is 18.2 Å². The molecule has 8 nitrogen and oxygen atoms in total. The molecule has 1 aromatic carbocycles. The molecule has 0 bridgehead atoms. The first-order valence-corrected chi connectivity index (χ1v) is 8.72. The number of fused-ring (bicyclic) bond motifs is 2. The van der Waals surface area contributed by atoms with Crippen molar-refractivity contribution in [1.29, 1.82) is 0 Å². The molecular formula is C15H16N6O2S. The average Bonchev–Trinajstić information content (AvgIpc) is 3.18. The Morgan fingerprint density at radius 3 is 3.12 bits per heavy atom. The predicted octanol–water partition coefficient (Wildman–Crippen LogP) is 2.79. The second kappa shape index (κ2) is 6.16.